The molecule has 5 rings (SSSR count). The summed E-state index contributed by atoms with van der Waals surface area (Å²) < 4.78 is 0. The number of hydrogen-bond donors (Lipinski definition) is 0. The normalized spacial score (nSPS) is 26.6. The van der Waals surface area contributed by atoms with Crippen molar-refractivity contribution in [3.05, 3.63) is 59.4 Å². The van der Waals surface area contributed by atoms with E-state index in [-0.39, 0.29) is 12.1 Å². The Morgan fingerprint density at radius 3 is 2.69 bits per heavy atom. The van der Waals surface area contributed by atoms with Crippen molar-refractivity contribution in [2.75, 3.05) is 23.7 Å². The van der Waals surface area contributed by atoms with Crippen molar-refractivity contribution >= 4 is 22.6 Å². The lowest BCUT2D eigenvalue weighted by Crippen LogP contribution is -2.35. The van der Waals surface area contributed by atoms with Gasteiger partial charge >= 0.3 is 0 Å². The number of piperidine rings is 1. The summed E-state index contributed by atoms with van der Waals surface area (Å²) in [6, 6.07) is 14.2. The van der Waals surface area contributed by atoms with E-state index in [4.69, 9.17) is 4.99 Å². The Hall–Kier alpha value is -2.01. The van der Waals surface area contributed by atoms with Crippen LogP contribution in [0, 0.1) is 6.92 Å². The van der Waals surface area contributed by atoms with E-state index in [2.05, 4.69) is 59.0 Å². The summed E-state index contributed by atoms with van der Waals surface area (Å²) in [6.45, 7) is 6.95. The Labute approximate surface area is 178 Å². The molecule has 5 heteroatoms. The largest absolute Gasteiger partial charge is 0.372 e. The summed E-state index contributed by atoms with van der Waals surface area (Å²) in [5, 5.41) is 1.21. The molecule has 0 spiro atoms. The van der Waals surface area contributed by atoms with Gasteiger partial charge in [0, 0.05) is 36.8 Å². The van der Waals surface area contributed by atoms with Crippen molar-refractivity contribution in [3.63, 3.8) is 0 Å². The Kier molecular flexibility index (Phi) is 5.25. The molecule has 29 heavy (non-hydrogen) atoms. The van der Waals surface area contributed by atoms with Crippen LogP contribution in [-0.4, -0.2) is 39.9 Å². The van der Waals surface area contributed by atoms with Crippen molar-refractivity contribution in [2.45, 2.75) is 57.7 Å². The number of thioether (sulfide) groups is 1. The van der Waals surface area contributed by atoms with E-state index in [1.807, 2.05) is 24.0 Å². The number of aromatic nitrogens is 1. The van der Waals surface area contributed by atoms with E-state index in [1.165, 1.54) is 54.3 Å². The highest BCUT2D eigenvalue weighted by molar-refractivity contribution is 8.14. The molecule has 152 valence electrons. The molecule has 1 aromatic carbocycles. The van der Waals surface area contributed by atoms with Gasteiger partial charge in [-0.2, -0.15) is 0 Å². The molecule has 4 nitrogen and oxygen atoms in total. The van der Waals surface area contributed by atoms with Crippen LogP contribution in [0.1, 0.15) is 61.5 Å². The number of hydrogen-bond acceptors (Lipinski definition) is 5. The third-order valence-corrected chi connectivity index (χ3v) is 7.75. The maximum Gasteiger partial charge on any atom is 0.160 e. The topological polar surface area (TPSA) is 31.7 Å². The first kappa shape index (κ1) is 19.0. The fraction of sp³-hybridized carbons (Fsp3) is 0.500. The average Bonchev–Trinajstić information content (AvgIpc) is 3.34. The predicted molar refractivity (Wildman–Crippen MR) is 123 cm³/mol. The Bertz CT molecular complexity index is 891. The molecular weight excluding hydrogens is 376 g/mol. The molecule has 2 aromatic rings. The molecule has 3 aliphatic heterocycles. The first-order valence-electron chi connectivity index (χ1n) is 11.0. The van der Waals surface area contributed by atoms with Gasteiger partial charge in [-0.25, -0.2) is 0 Å². The summed E-state index contributed by atoms with van der Waals surface area (Å²) in [4.78, 5) is 15.0. The molecule has 0 amide bonds. The number of pyridine rings is 1. The highest BCUT2D eigenvalue weighted by Gasteiger charge is 2.45. The molecule has 0 N–H and O–H groups in total. The smallest absolute Gasteiger partial charge is 0.160 e. The summed E-state index contributed by atoms with van der Waals surface area (Å²) in [7, 11) is 0. The van der Waals surface area contributed by atoms with E-state index in [9.17, 15) is 0 Å². The number of nitrogens with zero attached hydrogens (tertiary/aromatic N) is 4. The SMILES string of the molecule is CC[C@@H]1CSC2=N[C@H](c3ccccn3)[C@@H](c3ccc(N4CCCCC4)cc3C)N21. The molecular formula is C24H30N4S. The molecule has 3 aliphatic rings. The van der Waals surface area contributed by atoms with Crippen LogP contribution < -0.4 is 4.90 Å². The summed E-state index contributed by atoms with van der Waals surface area (Å²) in [5.74, 6) is 1.14. The zero-order valence-electron chi connectivity index (χ0n) is 17.4. The summed E-state index contributed by atoms with van der Waals surface area (Å²) in [6.07, 6.45) is 7.04. The van der Waals surface area contributed by atoms with Crippen LogP contribution in [-0.2, 0) is 0 Å². The molecule has 4 heterocycles. The second-order valence-corrected chi connectivity index (χ2v) is 9.41. The third kappa shape index (κ3) is 3.43. The van der Waals surface area contributed by atoms with Crippen molar-refractivity contribution in [1.82, 2.24) is 9.88 Å². The maximum absolute atomic E-state index is 5.16. The lowest BCUT2D eigenvalue weighted by atomic mass is 9.91. The van der Waals surface area contributed by atoms with Crippen LogP contribution in [0.5, 0.6) is 0 Å². The zero-order chi connectivity index (χ0) is 19.8. The summed E-state index contributed by atoms with van der Waals surface area (Å²) >= 11 is 1.91. The molecule has 0 unspecified atom stereocenters. The standard InChI is InChI=1S/C24H30N4S/c1-3-18-16-29-24-26-22(21-9-5-6-12-25-21)23(28(18)24)20-11-10-19(15-17(20)2)27-13-7-4-8-14-27/h5-6,9-12,15,18,22-23H,3-4,7-8,13-14,16H2,1-2H3/t18-,22-,23-/m1/s1. The van der Waals surface area contributed by atoms with E-state index < -0.39 is 0 Å². The van der Waals surface area contributed by atoms with Gasteiger partial charge in [0.15, 0.2) is 5.17 Å². The van der Waals surface area contributed by atoms with Crippen molar-refractivity contribution in [3.8, 4) is 0 Å². The van der Waals surface area contributed by atoms with Crippen LogP contribution >= 0.6 is 11.8 Å². The monoisotopic (exact) mass is 406 g/mol. The fourth-order valence-electron chi connectivity index (χ4n) is 5.03. The Morgan fingerprint density at radius 1 is 1.10 bits per heavy atom. The van der Waals surface area contributed by atoms with Gasteiger partial charge in [-0.3, -0.25) is 9.98 Å². The molecule has 3 atom stereocenters. The zero-order valence-corrected chi connectivity index (χ0v) is 18.2. The van der Waals surface area contributed by atoms with Gasteiger partial charge in [0.05, 0.1) is 11.7 Å². The van der Waals surface area contributed by atoms with Gasteiger partial charge < -0.3 is 9.80 Å². The molecule has 1 aromatic heterocycles. The first-order chi connectivity index (χ1) is 14.3. The van der Waals surface area contributed by atoms with Gasteiger partial charge in [0.25, 0.3) is 0 Å². The van der Waals surface area contributed by atoms with Crippen molar-refractivity contribution < 1.29 is 0 Å². The molecule has 0 bridgehead atoms. The minimum atomic E-state index is 0.0765. The molecule has 2 saturated heterocycles. The maximum atomic E-state index is 5.16. The predicted octanol–water partition coefficient (Wildman–Crippen LogP) is 5.36. The fourth-order valence-corrected chi connectivity index (χ4v) is 6.36. The first-order valence-corrected chi connectivity index (χ1v) is 12.0. The van der Waals surface area contributed by atoms with E-state index in [1.54, 1.807) is 0 Å². The van der Waals surface area contributed by atoms with Crippen molar-refractivity contribution in [2.24, 2.45) is 4.99 Å². The van der Waals surface area contributed by atoms with Crippen LogP contribution in [0.3, 0.4) is 0 Å². The number of aliphatic imine (C=N–C) groups is 1. The van der Waals surface area contributed by atoms with E-state index >= 15 is 0 Å². The van der Waals surface area contributed by atoms with Gasteiger partial charge in [0.2, 0.25) is 0 Å². The second-order valence-electron chi connectivity index (χ2n) is 8.42. The number of fused-ring (bicyclic) bond motifs is 1. The number of anilines is 1. The number of rotatable bonds is 4. The van der Waals surface area contributed by atoms with Crippen molar-refractivity contribution in [1.29, 1.82) is 0 Å². The highest BCUT2D eigenvalue weighted by Crippen LogP contribution is 2.49. The molecule has 0 saturated carbocycles. The number of benzene rings is 1. The van der Waals surface area contributed by atoms with E-state index in [0.717, 1.165) is 17.9 Å². The molecule has 0 aliphatic carbocycles. The quantitative estimate of drug-likeness (QED) is 0.684. The Morgan fingerprint density at radius 2 is 1.97 bits per heavy atom. The molecule has 2 fully saturated rings. The second kappa shape index (κ2) is 8.02. The lowest BCUT2D eigenvalue weighted by Gasteiger charge is -2.34. The van der Waals surface area contributed by atoms with Gasteiger partial charge in [-0.05, 0) is 68.0 Å². The molecule has 0 radical (unpaired) electrons. The lowest BCUT2D eigenvalue weighted by molar-refractivity contribution is 0.254. The number of aryl methyl sites for hydroxylation is 1. The van der Waals surface area contributed by atoms with Crippen LogP contribution in [0.25, 0.3) is 0 Å². The van der Waals surface area contributed by atoms with Gasteiger partial charge in [-0.15, -0.1) is 0 Å². The highest BCUT2D eigenvalue weighted by atomic mass is 32.2. The number of amidine groups is 1. The van der Waals surface area contributed by atoms with Gasteiger partial charge in [-0.1, -0.05) is 30.8 Å². The van der Waals surface area contributed by atoms with Crippen LogP contribution in [0.2, 0.25) is 0 Å². The minimum Gasteiger partial charge on any atom is -0.372 e. The summed E-state index contributed by atoms with van der Waals surface area (Å²) in [5.41, 5.74) is 5.24. The third-order valence-electron chi connectivity index (χ3n) is 6.62. The van der Waals surface area contributed by atoms with Crippen LogP contribution in [0.4, 0.5) is 5.69 Å². The average molecular weight is 407 g/mol. The Balaban J connectivity index is 1.52. The van der Waals surface area contributed by atoms with Crippen LogP contribution in [0.15, 0.2) is 47.6 Å². The van der Waals surface area contributed by atoms with E-state index in [0.29, 0.717) is 6.04 Å². The van der Waals surface area contributed by atoms with Gasteiger partial charge in [0.1, 0.15) is 6.04 Å². The minimum absolute atomic E-state index is 0.0765.